The van der Waals surface area contributed by atoms with E-state index in [1.54, 1.807) is 0 Å². The highest BCUT2D eigenvalue weighted by Gasteiger charge is 2.09. The highest BCUT2D eigenvalue weighted by atomic mass is 16.5. The average molecular weight is 237 g/mol. The predicted octanol–water partition coefficient (Wildman–Crippen LogP) is 3.07. The van der Waals surface area contributed by atoms with Crippen LogP contribution in [0, 0.1) is 5.92 Å². The number of rotatable bonds is 6. The fraction of sp³-hybridized carbons (Fsp3) is 0.692. The van der Waals surface area contributed by atoms with Crippen LogP contribution in [0.5, 0.6) is 5.88 Å². The molecule has 0 saturated heterocycles. The molecule has 0 amide bonds. The van der Waals surface area contributed by atoms with E-state index in [1.165, 1.54) is 0 Å². The first kappa shape index (κ1) is 13.7. The summed E-state index contributed by atoms with van der Waals surface area (Å²) in [6.45, 7) is 12.0. The number of hydrogen-bond acceptors (Lipinski definition) is 4. The van der Waals surface area contributed by atoms with Crippen LogP contribution < -0.4 is 10.1 Å². The molecule has 1 N–H and O–H groups in total. The van der Waals surface area contributed by atoms with Crippen LogP contribution in [-0.2, 0) is 0 Å². The highest BCUT2D eigenvalue weighted by molar-refractivity contribution is 5.38. The molecule has 4 nitrogen and oxygen atoms in total. The normalized spacial score (nSPS) is 11.0. The number of anilines is 1. The predicted molar refractivity (Wildman–Crippen MR) is 70.6 cm³/mol. The quantitative estimate of drug-likeness (QED) is 0.826. The molecular weight excluding hydrogens is 214 g/mol. The maximum atomic E-state index is 5.65. The zero-order valence-electron chi connectivity index (χ0n) is 11.4. The molecule has 1 aromatic rings. The second-order valence-corrected chi connectivity index (χ2v) is 4.84. The zero-order valence-corrected chi connectivity index (χ0v) is 11.4. The molecule has 4 heteroatoms. The Hall–Kier alpha value is -1.32. The van der Waals surface area contributed by atoms with Gasteiger partial charge in [-0.2, -0.15) is 4.98 Å². The van der Waals surface area contributed by atoms with Gasteiger partial charge in [-0.25, -0.2) is 4.98 Å². The van der Waals surface area contributed by atoms with Gasteiger partial charge in [0.1, 0.15) is 11.6 Å². The fourth-order valence-corrected chi connectivity index (χ4v) is 1.30. The van der Waals surface area contributed by atoms with Crippen LogP contribution in [0.2, 0.25) is 0 Å². The van der Waals surface area contributed by atoms with Crippen molar-refractivity contribution in [1.82, 2.24) is 9.97 Å². The van der Waals surface area contributed by atoms with Gasteiger partial charge in [0.15, 0.2) is 0 Å². The monoisotopic (exact) mass is 237 g/mol. The van der Waals surface area contributed by atoms with Gasteiger partial charge in [-0.05, 0) is 12.8 Å². The molecule has 0 radical (unpaired) electrons. The molecule has 0 spiro atoms. The summed E-state index contributed by atoms with van der Waals surface area (Å²) < 4.78 is 5.65. The number of nitrogens with zero attached hydrogens (tertiary/aromatic N) is 2. The van der Waals surface area contributed by atoms with Crippen molar-refractivity contribution >= 4 is 5.82 Å². The lowest BCUT2D eigenvalue weighted by atomic mass is 10.2. The highest BCUT2D eigenvalue weighted by Crippen LogP contribution is 2.18. The number of aromatic nitrogens is 2. The lowest BCUT2D eigenvalue weighted by molar-refractivity contribution is 0.260. The smallest absolute Gasteiger partial charge is 0.218 e. The number of ether oxygens (including phenoxy) is 1. The van der Waals surface area contributed by atoms with Gasteiger partial charge < -0.3 is 10.1 Å². The Kier molecular flexibility index (Phi) is 5.19. The molecule has 17 heavy (non-hydrogen) atoms. The van der Waals surface area contributed by atoms with Crippen LogP contribution in [0.4, 0.5) is 5.82 Å². The summed E-state index contributed by atoms with van der Waals surface area (Å²) in [6, 6.07) is 1.86. The van der Waals surface area contributed by atoms with Crippen molar-refractivity contribution in [3.63, 3.8) is 0 Å². The topological polar surface area (TPSA) is 47.0 Å². The molecular formula is C13H23N3O. The Balaban J connectivity index is 2.87. The van der Waals surface area contributed by atoms with Crippen molar-refractivity contribution in [2.24, 2.45) is 5.92 Å². The minimum atomic E-state index is 0.301. The molecule has 0 aliphatic rings. The van der Waals surface area contributed by atoms with Gasteiger partial charge in [0.25, 0.3) is 0 Å². The van der Waals surface area contributed by atoms with Crippen molar-refractivity contribution in [2.45, 2.75) is 40.5 Å². The van der Waals surface area contributed by atoms with Crippen LogP contribution in [-0.4, -0.2) is 23.1 Å². The molecule has 0 bridgehead atoms. The van der Waals surface area contributed by atoms with Crippen LogP contribution >= 0.6 is 0 Å². The number of hydrogen-bond donors (Lipinski definition) is 1. The molecule has 0 saturated carbocycles. The lowest BCUT2D eigenvalue weighted by Gasteiger charge is -2.12. The van der Waals surface area contributed by atoms with Crippen LogP contribution in [0.3, 0.4) is 0 Å². The Morgan fingerprint density at radius 2 is 1.94 bits per heavy atom. The molecule has 1 rings (SSSR count). The second-order valence-electron chi connectivity index (χ2n) is 4.84. The second kappa shape index (κ2) is 6.42. The van der Waals surface area contributed by atoms with Gasteiger partial charge in [0.2, 0.25) is 5.88 Å². The molecule has 0 unspecified atom stereocenters. The van der Waals surface area contributed by atoms with Crippen molar-refractivity contribution in [2.75, 3.05) is 18.5 Å². The minimum absolute atomic E-state index is 0.301. The van der Waals surface area contributed by atoms with E-state index < -0.39 is 0 Å². The van der Waals surface area contributed by atoms with Gasteiger partial charge in [0, 0.05) is 18.5 Å². The summed E-state index contributed by atoms with van der Waals surface area (Å²) in [5.74, 6) is 3.12. The third-order valence-electron chi connectivity index (χ3n) is 2.16. The van der Waals surface area contributed by atoms with Gasteiger partial charge >= 0.3 is 0 Å². The van der Waals surface area contributed by atoms with E-state index in [-0.39, 0.29) is 0 Å². The Labute approximate surface area is 104 Å². The van der Waals surface area contributed by atoms with Gasteiger partial charge in [0.05, 0.1) is 6.61 Å². The van der Waals surface area contributed by atoms with E-state index in [9.17, 15) is 0 Å². The van der Waals surface area contributed by atoms with Gasteiger partial charge in [-0.3, -0.25) is 0 Å². The maximum Gasteiger partial charge on any atom is 0.218 e. The summed E-state index contributed by atoms with van der Waals surface area (Å²) in [7, 11) is 0. The van der Waals surface area contributed by atoms with E-state index >= 15 is 0 Å². The van der Waals surface area contributed by atoms with E-state index in [1.807, 2.05) is 13.0 Å². The summed E-state index contributed by atoms with van der Waals surface area (Å²) in [5.41, 5.74) is 0. The largest absolute Gasteiger partial charge is 0.477 e. The van der Waals surface area contributed by atoms with Crippen molar-refractivity contribution in [3.8, 4) is 5.88 Å². The van der Waals surface area contributed by atoms with Crippen LogP contribution in [0.15, 0.2) is 6.07 Å². The van der Waals surface area contributed by atoms with Crippen LogP contribution in [0.25, 0.3) is 0 Å². The Morgan fingerprint density at radius 1 is 1.24 bits per heavy atom. The minimum Gasteiger partial charge on any atom is -0.477 e. The van der Waals surface area contributed by atoms with E-state index in [0.717, 1.165) is 18.2 Å². The summed E-state index contributed by atoms with van der Waals surface area (Å²) in [5, 5.41) is 3.20. The first-order valence-electron chi connectivity index (χ1n) is 6.28. The maximum absolute atomic E-state index is 5.65. The summed E-state index contributed by atoms with van der Waals surface area (Å²) in [6.07, 6.45) is 0. The summed E-state index contributed by atoms with van der Waals surface area (Å²) >= 11 is 0. The molecule has 0 aliphatic heterocycles. The van der Waals surface area contributed by atoms with Crippen molar-refractivity contribution in [1.29, 1.82) is 0 Å². The van der Waals surface area contributed by atoms with Gasteiger partial charge in [-0.15, -0.1) is 0 Å². The third-order valence-corrected chi connectivity index (χ3v) is 2.16. The SMILES string of the molecule is CCNc1cc(OCC(C)C)nc(C(C)C)n1. The van der Waals surface area contributed by atoms with Crippen molar-refractivity contribution < 1.29 is 4.74 Å². The van der Waals surface area contributed by atoms with Gasteiger partial charge in [-0.1, -0.05) is 27.7 Å². The first-order chi connectivity index (χ1) is 8.02. The first-order valence-corrected chi connectivity index (χ1v) is 6.28. The number of nitrogens with one attached hydrogen (secondary N) is 1. The molecule has 0 atom stereocenters. The molecule has 96 valence electrons. The third kappa shape index (κ3) is 4.59. The zero-order chi connectivity index (χ0) is 12.8. The lowest BCUT2D eigenvalue weighted by Crippen LogP contribution is -2.10. The average Bonchev–Trinajstić information content (AvgIpc) is 2.26. The molecule has 0 fully saturated rings. The van der Waals surface area contributed by atoms with E-state index in [4.69, 9.17) is 4.74 Å². The molecule has 0 aliphatic carbocycles. The van der Waals surface area contributed by atoms with Crippen LogP contribution in [0.1, 0.15) is 46.4 Å². The van der Waals surface area contributed by atoms with E-state index in [0.29, 0.717) is 24.3 Å². The Morgan fingerprint density at radius 3 is 2.47 bits per heavy atom. The standard InChI is InChI=1S/C13H23N3O/c1-6-14-11-7-12(17-8-9(2)3)16-13(15-11)10(4)5/h7,9-10H,6,8H2,1-5H3,(H,14,15,16). The molecule has 1 heterocycles. The fourth-order valence-electron chi connectivity index (χ4n) is 1.30. The van der Waals surface area contributed by atoms with E-state index in [2.05, 4.69) is 43.0 Å². The molecule has 0 aromatic carbocycles. The Bertz CT molecular complexity index is 351. The molecule has 1 aromatic heterocycles. The van der Waals surface area contributed by atoms with Crippen molar-refractivity contribution in [3.05, 3.63) is 11.9 Å². The summed E-state index contributed by atoms with van der Waals surface area (Å²) in [4.78, 5) is 8.86.